The number of hydrogen-bond donors (Lipinski definition) is 1. The van der Waals surface area contributed by atoms with Gasteiger partial charge < -0.3 is 14.6 Å². The molecule has 0 aromatic carbocycles. The first-order valence-corrected chi connectivity index (χ1v) is 8.50. The maximum absolute atomic E-state index is 12.9. The lowest BCUT2D eigenvalue weighted by Gasteiger charge is -2.35. The highest BCUT2D eigenvalue weighted by Crippen LogP contribution is 2.32. The molecule has 1 atom stereocenters. The maximum atomic E-state index is 12.9. The second-order valence-electron chi connectivity index (χ2n) is 6.17. The molecule has 0 saturated carbocycles. The summed E-state index contributed by atoms with van der Waals surface area (Å²) in [7, 11) is 1.86. The van der Waals surface area contributed by atoms with Crippen LogP contribution in [0, 0.1) is 0 Å². The van der Waals surface area contributed by atoms with Gasteiger partial charge in [-0.3, -0.25) is 9.78 Å². The lowest BCUT2D eigenvalue weighted by molar-refractivity contribution is 0.0599. The molecule has 1 aliphatic heterocycles. The molecule has 1 aliphatic rings. The molecule has 1 amide bonds. The highest BCUT2D eigenvalue weighted by atomic mass is 16.2. The van der Waals surface area contributed by atoms with Crippen LogP contribution in [0.2, 0.25) is 0 Å². The molecule has 0 radical (unpaired) electrons. The molecular formula is C18H20N6O. The molecule has 1 fully saturated rings. The average Bonchev–Trinajstić information content (AvgIpc) is 3.16. The van der Waals surface area contributed by atoms with Crippen molar-refractivity contribution in [2.75, 3.05) is 18.9 Å². The number of nitrogens with one attached hydrogen (secondary N) is 1. The molecule has 0 unspecified atom stereocenters. The second-order valence-corrected chi connectivity index (χ2v) is 6.17. The number of nitrogens with zero attached hydrogens (tertiary/aromatic N) is 5. The minimum atomic E-state index is -0.0850. The predicted molar refractivity (Wildman–Crippen MR) is 94.4 cm³/mol. The Hall–Kier alpha value is -2.96. The molecule has 128 valence electrons. The van der Waals surface area contributed by atoms with Gasteiger partial charge in [-0.25, -0.2) is 9.97 Å². The standard InChI is InChI=1S/C18H20N6O/c1-19-17-16-6-4-9-23(16)12-14(22-17)15-5-2-3-10-24(15)18(25)13-11-20-7-8-21-13/h4,6-9,11-12,15H,2-3,5,10H2,1H3,(H,19,22)/t15-/m0/s1. The Morgan fingerprint density at radius 2 is 2.24 bits per heavy atom. The Labute approximate surface area is 145 Å². The number of carbonyl (C=O) groups excluding carboxylic acids is 1. The summed E-state index contributed by atoms with van der Waals surface area (Å²) in [6, 6.07) is 3.96. The van der Waals surface area contributed by atoms with Crippen molar-refractivity contribution in [3.63, 3.8) is 0 Å². The van der Waals surface area contributed by atoms with Gasteiger partial charge in [0.05, 0.1) is 23.4 Å². The molecule has 0 bridgehead atoms. The number of amides is 1. The molecule has 7 heteroatoms. The van der Waals surface area contributed by atoms with Crippen molar-refractivity contribution in [1.82, 2.24) is 24.3 Å². The van der Waals surface area contributed by atoms with Gasteiger partial charge >= 0.3 is 0 Å². The topological polar surface area (TPSA) is 75.4 Å². The van der Waals surface area contributed by atoms with Crippen molar-refractivity contribution < 1.29 is 4.79 Å². The maximum Gasteiger partial charge on any atom is 0.274 e. The number of rotatable bonds is 3. The van der Waals surface area contributed by atoms with E-state index >= 15 is 0 Å². The smallest absolute Gasteiger partial charge is 0.274 e. The Morgan fingerprint density at radius 1 is 1.32 bits per heavy atom. The number of hydrogen-bond acceptors (Lipinski definition) is 5. The summed E-state index contributed by atoms with van der Waals surface area (Å²) >= 11 is 0. The van der Waals surface area contributed by atoms with Crippen LogP contribution in [-0.2, 0) is 0 Å². The van der Waals surface area contributed by atoms with Crippen molar-refractivity contribution >= 4 is 17.2 Å². The molecule has 3 aromatic heterocycles. The van der Waals surface area contributed by atoms with Crippen LogP contribution in [0.5, 0.6) is 0 Å². The van der Waals surface area contributed by atoms with Crippen LogP contribution in [0.4, 0.5) is 5.82 Å². The van der Waals surface area contributed by atoms with E-state index in [1.54, 1.807) is 12.4 Å². The molecule has 7 nitrogen and oxygen atoms in total. The monoisotopic (exact) mass is 336 g/mol. The lowest BCUT2D eigenvalue weighted by Crippen LogP contribution is -2.39. The van der Waals surface area contributed by atoms with E-state index in [1.165, 1.54) is 6.20 Å². The first kappa shape index (κ1) is 15.6. The first-order valence-electron chi connectivity index (χ1n) is 8.50. The van der Waals surface area contributed by atoms with Crippen molar-refractivity contribution in [2.24, 2.45) is 0 Å². The fraction of sp³-hybridized carbons (Fsp3) is 0.333. The van der Waals surface area contributed by atoms with Gasteiger partial charge in [-0.2, -0.15) is 0 Å². The SMILES string of the molecule is CNc1nc([C@@H]2CCCCN2C(=O)c2cnccn2)cn2cccc12. The third-order valence-electron chi connectivity index (χ3n) is 4.66. The van der Waals surface area contributed by atoms with Gasteiger partial charge in [0.15, 0.2) is 0 Å². The van der Waals surface area contributed by atoms with E-state index in [4.69, 9.17) is 4.98 Å². The third-order valence-corrected chi connectivity index (χ3v) is 4.66. The van der Waals surface area contributed by atoms with Crippen LogP contribution in [-0.4, -0.2) is 43.8 Å². The molecule has 3 aromatic rings. The van der Waals surface area contributed by atoms with E-state index in [9.17, 15) is 4.79 Å². The zero-order valence-corrected chi connectivity index (χ0v) is 14.1. The number of fused-ring (bicyclic) bond motifs is 1. The van der Waals surface area contributed by atoms with Crippen LogP contribution in [0.3, 0.4) is 0 Å². The van der Waals surface area contributed by atoms with Crippen LogP contribution in [0.1, 0.15) is 41.5 Å². The van der Waals surface area contributed by atoms with Crippen LogP contribution < -0.4 is 5.32 Å². The van der Waals surface area contributed by atoms with E-state index in [-0.39, 0.29) is 11.9 Å². The zero-order chi connectivity index (χ0) is 17.2. The summed E-state index contributed by atoms with van der Waals surface area (Å²) < 4.78 is 2.05. The van der Waals surface area contributed by atoms with Crippen molar-refractivity contribution in [1.29, 1.82) is 0 Å². The van der Waals surface area contributed by atoms with Crippen molar-refractivity contribution in [3.8, 4) is 0 Å². The second kappa shape index (κ2) is 6.51. The molecule has 4 heterocycles. The first-order chi connectivity index (χ1) is 12.3. The van der Waals surface area contributed by atoms with Crippen LogP contribution >= 0.6 is 0 Å². The van der Waals surface area contributed by atoms with Crippen molar-refractivity contribution in [2.45, 2.75) is 25.3 Å². The van der Waals surface area contributed by atoms with Gasteiger partial charge in [0.2, 0.25) is 0 Å². The van der Waals surface area contributed by atoms with E-state index in [1.807, 2.05) is 40.9 Å². The Kier molecular flexibility index (Phi) is 4.05. The van der Waals surface area contributed by atoms with E-state index in [2.05, 4.69) is 15.3 Å². The fourth-order valence-corrected chi connectivity index (χ4v) is 3.45. The molecule has 0 aliphatic carbocycles. The third kappa shape index (κ3) is 2.82. The molecule has 1 saturated heterocycles. The van der Waals surface area contributed by atoms with E-state index < -0.39 is 0 Å². The number of carbonyl (C=O) groups is 1. The van der Waals surface area contributed by atoms with Gasteiger partial charge in [-0.1, -0.05) is 0 Å². The molecule has 0 spiro atoms. The van der Waals surface area contributed by atoms with Gasteiger partial charge in [0.25, 0.3) is 5.91 Å². The van der Waals surface area contributed by atoms with Crippen molar-refractivity contribution in [3.05, 3.63) is 54.5 Å². The lowest BCUT2D eigenvalue weighted by atomic mass is 9.99. The Balaban J connectivity index is 1.73. The molecule has 25 heavy (non-hydrogen) atoms. The number of piperidine rings is 1. The number of aromatic nitrogens is 4. The Bertz CT molecular complexity index is 891. The summed E-state index contributed by atoms with van der Waals surface area (Å²) in [6.07, 6.45) is 11.6. The summed E-state index contributed by atoms with van der Waals surface area (Å²) in [6.45, 7) is 0.709. The number of anilines is 1. The van der Waals surface area contributed by atoms with Crippen LogP contribution in [0.15, 0.2) is 43.1 Å². The quantitative estimate of drug-likeness (QED) is 0.795. The normalized spacial score (nSPS) is 17.6. The summed E-state index contributed by atoms with van der Waals surface area (Å²) in [5, 5.41) is 3.15. The largest absolute Gasteiger partial charge is 0.371 e. The molecule has 1 N–H and O–H groups in total. The predicted octanol–water partition coefficient (Wildman–Crippen LogP) is 2.53. The average molecular weight is 336 g/mol. The van der Waals surface area contributed by atoms with Crippen LogP contribution in [0.25, 0.3) is 5.52 Å². The van der Waals surface area contributed by atoms with E-state index in [0.717, 1.165) is 36.3 Å². The van der Waals surface area contributed by atoms with Gasteiger partial charge in [0, 0.05) is 38.4 Å². The van der Waals surface area contributed by atoms with Gasteiger partial charge in [-0.05, 0) is 31.4 Å². The molecular weight excluding hydrogens is 316 g/mol. The fourth-order valence-electron chi connectivity index (χ4n) is 3.45. The molecule has 4 rings (SSSR count). The highest BCUT2D eigenvalue weighted by molar-refractivity contribution is 5.92. The summed E-state index contributed by atoms with van der Waals surface area (Å²) in [5.41, 5.74) is 2.30. The summed E-state index contributed by atoms with van der Waals surface area (Å²) in [4.78, 5) is 27.8. The number of likely N-dealkylation sites (tertiary alicyclic amines) is 1. The summed E-state index contributed by atoms with van der Waals surface area (Å²) in [5.74, 6) is 0.734. The highest BCUT2D eigenvalue weighted by Gasteiger charge is 2.31. The van der Waals surface area contributed by atoms with Gasteiger partial charge in [0.1, 0.15) is 11.5 Å². The minimum absolute atomic E-state index is 0.0536. The minimum Gasteiger partial charge on any atom is -0.371 e. The Morgan fingerprint density at radius 3 is 3.04 bits per heavy atom. The zero-order valence-electron chi connectivity index (χ0n) is 14.1. The van der Waals surface area contributed by atoms with E-state index in [0.29, 0.717) is 12.2 Å². The van der Waals surface area contributed by atoms with Gasteiger partial charge in [-0.15, -0.1) is 0 Å².